The lowest BCUT2D eigenvalue weighted by molar-refractivity contribution is 0.268. The maximum Gasteiger partial charge on any atom is 0.148 e. The Bertz CT molecular complexity index is 411. The molecule has 2 atom stereocenters. The van der Waals surface area contributed by atoms with Crippen LogP contribution < -0.4 is 11.1 Å². The minimum Gasteiger partial charge on any atom is -0.394 e. The van der Waals surface area contributed by atoms with E-state index in [4.69, 9.17) is 5.73 Å². The highest BCUT2D eigenvalue weighted by molar-refractivity contribution is 5.64. The van der Waals surface area contributed by atoms with Crippen LogP contribution in [0.4, 0.5) is 11.5 Å². The van der Waals surface area contributed by atoms with Crippen LogP contribution in [-0.4, -0.2) is 16.3 Å². The van der Waals surface area contributed by atoms with E-state index in [1.165, 1.54) is 25.7 Å². The van der Waals surface area contributed by atoms with Crippen LogP contribution in [0.25, 0.3) is 0 Å². The van der Waals surface area contributed by atoms with Gasteiger partial charge in [0.1, 0.15) is 5.82 Å². The van der Waals surface area contributed by atoms with Gasteiger partial charge in [-0.15, -0.1) is 0 Å². The van der Waals surface area contributed by atoms with Crippen LogP contribution in [-0.2, 0) is 6.54 Å². The fourth-order valence-electron chi connectivity index (χ4n) is 3.08. The van der Waals surface area contributed by atoms with Crippen molar-refractivity contribution >= 4 is 11.5 Å². The summed E-state index contributed by atoms with van der Waals surface area (Å²) in [5.41, 5.74) is 7.89. The summed E-state index contributed by atoms with van der Waals surface area (Å²) in [6, 6.07) is 0. The average molecular weight is 264 g/mol. The minimum atomic E-state index is 0.776. The number of aryl methyl sites for hydroxylation is 2. The standard InChI is InChI=1S/C15H28N4/c1-4-9-19-15(14(16)12(3)18-19)17-10-13-8-6-5-7-11(13)2/h11,13,17H,4-10,16H2,1-3H3. The highest BCUT2D eigenvalue weighted by Gasteiger charge is 2.22. The van der Waals surface area contributed by atoms with Crippen molar-refractivity contribution in [2.75, 3.05) is 17.6 Å². The summed E-state index contributed by atoms with van der Waals surface area (Å²) in [6.07, 6.45) is 6.56. The number of rotatable bonds is 5. The molecule has 1 aliphatic rings. The lowest BCUT2D eigenvalue weighted by atomic mass is 9.80. The molecule has 19 heavy (non-hydrogen) atoms. The van der Waals surface area contributed by atoms with Gasteiger partial charge in [-0.25, -0.2) is 4.68 Å². The van der Waals surface area contributed by atoms with E-state index in [1.54, 1.807) is 0 Å². The fraction of sp³-hybridized carbons (Fsp3) is 0.800. The Kier molecular flexibility index (Phi) is 4.72. The molecule has 4 heteroatoms. The number of hydrogen-bond donors (Lipinski definition) is 2. The lowest BCUT2D eigenvalue weighted by Gasteiger charge is -2.29. The Labute approximate surface area is 116 Å². The summed E-state index contributed by atoms with van der Waals surface area (Å²) >= 11 is 0. The third-order valence-electron chi connectivity index (χ3n) is 4.43. The van der Waals surface area contributed by atoms with Gasteiger partial charge in [0.15, 0.2) is 0 Å². The Morgan fingerprint density at radius 2 is 2.11 bits per heavy atom. The Hall–Kier alpha value is -1.19. The molecular weight excluding hydrogens is 236 g/mol. The Morgan fingerprint density at radius 3 is 2.79 bits per heavy atom. The number of nitrogen functional groups attached to an aromatic ring is 1. The summed E-state index contributed by atoms with van der Waals surface area (Å²) in [5.74, 6) is 2.63. The average Bonchev–Trinajstić information content (AvgIpc) is 2.65. The number of anilines is 2. The van der Waals surface area contributed by atoms with Gasteiger partial charge in [-0.1, -0.05) is 33.1 Å². The van der Waals surface area contributed by atoms with Gasteiger partial charge in [-0.05, 0) is 31.6 Å². The van der Waals surface area contributed by atoms with Crippen LogP contribution in [0.1, 0.15) is 51.6 Å². The van der Waals surface area contributed by atoms with Gasteiger partial charge >= 0.3 is 0 Å². The van der Waals surface area contributed by atoms with Crippen molar-refractivity contribution < 1.29 is 0 Å². The van der Waals surface area contributed by atoms with Gasteiger partial charge in [0, 0.05) is 13.1 Å². The molecule has 0 amide bonds. The van der Waals surface area contributed by atoms with E-state index in [0.717, 1.165) is 48.5 Å². The zero-order valence-electron chi connectivity index (χ0n) is 12.6. The first-order valence-electron chi connectivity index (χ1n) is 7.70. The van der Waals surface area contributed by atoms with Crippen molar-refractivity contribution in [3.8, 4) is 0 Å². The molecule has 1 aromatic heterocycles. The maximum atomic E-state index is 6.14. The summed E-state index contributed by atoms with van der Waals surface area (Å²) < 4.78 is 2.03. The number of nitrogens with one attached hydrogen (secondary N) is 1. The molecule has 0 spiro atoms. The first-order valence-corrected chi connectivity index (χ1v) is 7.70. The Morgan fingerprint density at radius 1 is 1.37 bits per heavy atom. The van der Waals surface area contributed by atoms with Crippen molar-refractivity contribution in [1.29, 1.82) is 0 Å². The minimum absolute atomic E-state index is 0.776. The second-order valence-corrected chi connectivity index (χ2v) is 5.97. The largest absolute Gasteiger partial charge is 0.394 e. The molecule has 4 nitrogen and oxygen atoms in total. The highest BCUT2D eigenvalue weighted by Crippen LogP contribution is 2.30. The number of hydrogen-bond acceptors (Lipinski definition) is 3. The first-order chi connectivity index (χ1) is 9.13. The molecule has 0 aromatic carbocycles. The smallest absolute Gasteiger partial charge is 0.148 e. The van der Waals surface area contributed by atoms with Crippen LogP contribution in [0.15, 0.2) is 0 Å². The van der Waals surface area contributed by atoms with Crippen LogP contribution in [0.3, 0.4) is 0 Å². The molecule has 1 fully saturated rings. The lowest BCUT2D eigenvalue weighted by Crippen LogP contribution is -2.25. The second-order valence-electron chi connectivity index (χ2n) is 5.97. The van der Waals surface area contributed by atoms with Crippen LogP contribution in [0.2, 0.25) is 0 Å². The molecule has 1 heterocycles. The van der Waals surface area contributed by atoms with Crippen LogP contribution in [0.5, 0.6) is 0 Å². The normalized spacial score (nSPS) is 23.5. The van der Waals surface area contributed by atoms with Gasteiger partial charge in [0.2, 0.25) is 0 Å². The molecule has 1 aromatic rings. The summed E-state index contributed by atoms with van der Waals surface area (Å²) in [5, 5.41) is 8.07. The molecule has 0 radical (unpaired) electrons. The molecular formula is C15H28N4. The third kappa shape index (κ3) is 3.23. The van der Waals surface area contributed by atoms with Gasteiger partial charge < -0.3 is 11.1 Å². The zero-order valence-corrected chi connectivity index (χ0v) is 12.6. The van der Waals surface area contributed by atoms with Gasteiger partial charge in [0.25, 0.3) is 0 Å². The fourth-order valence-corrected chi connectivity index (χ4v) is 3.08. The Balaban J connectivity index is 2.01. The van der Waals surface area contributed by atoms with E-state index in [9.17, 15) is 0 Å². The monoisotopic (exact) mass is 264 g/mol. The molecule has 3 N–H and O–H groups in total. The summed E-state index contributed by atoms with van der Waals surface area (Å²) in [4.78, 5) is 0. The topological polar surface area (TPSA) is 55.9 Å². The van der Waals surface area contributed by atoms with Crippen molar-refractivity contribution in [3.63, 3.8) is 0 Å². The van der Waals surface area contributed by atoms with E-state index in [1.807, 2.05) is 11.6 Å². The molecule has 108 valence electrons. The quantitative estimate of drug-likeness (QED) is 0.856. The predicted molar refractivity (Wildman–Crippen MR) is 81.3 cm³/mol. The summed E-state index contributed by atoms with van der Waals surface area (Å²) in [7, 11) is 0. The van der Waals surface area contributed by atoms with E-state index >= 15 is 0 Å². The predicted octanol–water partition coefficient (Wildman–Crippen LogP) is 3.42. The molecule has 2 unspecified atom stereocenters. The maximum absolute atomic E-state index is 6.14. The number of nitrogens with zero attached hydrogens (tertiary/aromatic N) is 2. The molecule has 2 rings (SSSR count). The van der Waals surface area contributed by atoms with Crippen molar-refractivity contribution in [1.82, 2.24) is 9.78 Å². The molecule has 0 bridgehead atoms. The van der Waals surface area contributed by atoms with Gasteiger partial charge in [0.05, 0.1) is 11.4 Å². The van der Waals surface area contributed by atoms with Crippen LogP contribution >= 0.6 is 0 Å². The van der Waals surface area contributed by atoms with Crippen molar-refractivity contribution in [2.24, 2.45) is 11.8 Å². The second kappa shape index (κ2) is 6.31. The van der Waals surface area contributed by atoms with E-state index in [0.29, 0.717) is 0 Å². The molecule has 0 aliphatic heterocycles. The zero-order chi connectivity index (χ0) is 13.8. The van der Waals surface area contributed by atoms with E-state index in [2.05, 4.69) is 24.3 Å². The molecule has 1 saturated carbocycles. The van der Waals surface area contributed by atoms with E-state index < -0.39 is 0 Å². The third-order valence-corrected chi connectivity index (χ3v) is 4.43. The summed E-state index contributed by atoms with van der Waals surface area (Å²) in [6.45, 7) is 8.49. The van der Waals surface area contributed by atoms with E-state index in [-0.39, 0.29) is 0 Å². The SMILES string of the molecule is CCCn1nc(C)c(N)c1NCC1CCCCC1C. The van der Waals surface area contributed by atoms with Crippen molar-refractivity contribution in [3.05, 3.63) is 5.69 Å². The highest BCUT2D eigenvalue weighted by atomic mass is 15.3. The number of aromatic nitrogens is 2. The number of nitrogens with two attached hydrogens (primary N) is 1. The molecule has 0 saturated heterocycles. The van der Waals surface area contributed by atoms with Gasteiger partial charge in [-0.2, -0.15) is 5.10 Å². The first kappa shape index (κ1) is 14.2. The van der Waals surface area contributed by atoms with Crippen LogP contribution in [0, 0.1) is 18.8 Å². The van der Waals surface area contributed by atoms with Gasteiger partial charge in [-0.3, -0.25) is 0 Å². The molecule has 1 aliphatic carbocycles. The van der Waals surface area contributed by atoms with Crippen molar-refractivity contribution in [2.45, 2.75) is 59.4 Å².